The molecule has 3 aromatic rings. The number of hydrogen-bond acceptors (Lipinski definition) is 2. The highest BCUT2D eigenvalue weighted by molar-refractivity contribution is 5.93. The summed E-state index contributed by atoms with van der Waals surface area (Å²) >= 11 is 0. The molecule has 4 rings (SSSR count). The number of fused-ring (bicyclic) bond motifs is 1. The summed E-state index contributed by atoms with van der Waals surface area (Å²) in [7, 11) is 0. The predicted molar refractivity (Wildman–Crippen MR) is 97.9 cm³/mol. The fourth-order valence-corrected chi connectivity index (χ4v) is 3.04. The first kappa shape index (κ1) is 14.9. The number of amides is 1. The van der Waals surface area contributed by atoms with Crippen LogP contribution in [0.5, 0.6) is 0 Å². The average Bonchev–Trinajstić information content (AvgIpc) is 2.53. The summed E-state index contributed by atoms with van der Waals surface area (Å²) in [4.78, 5) is 16.7. The monoisotopic (exact) mass is 316 g/mol. The number of aromatic nitrogens is 1. The van der Waals surface area contributed by atoms with Gasteiger partial charge in [0.05, 0.1) is 11.2 Å². The van der Waals surface area contributed by atoms with Gasteiger partial charge in [-0.15, -0.1) is 0 Å². The second-order valence-electron chi connectivity index (χ2n) is 6.59. The maximum absolute atomic E-state index is 12.0. The molecule has 0 spiro atoms. The van der Waals surface area contributed by atoms with Crippen LogP contribution in [0, 0.1) is 12.8 Å². The maximum Gasteiger partial charge on any atom is 0.227 e. The van der Waals surface area contributed by atoms with E-state index < -0.39 is 0 Å². The Bertz CT molecular complexity index is 895. The van der Waals surface area contributed by atoms with Gasteiger partial charge in [0.25, 0.3) is 0 Å². The molecule has 24 heavy (non-hydrogen) atoms. The quantitative estimate of drug-likeness (QED) is 0.743. The van der Waals surface area contributed by atoms with Gasteiger partial charge in [-0.3, -0.25) is 4.79 Å². The van der Waals surface area contributed by atoms with E-state index in [4.69, 9.17) is 4.98 Å². The first-order chi connectivity index (χ1) is 11.7. The minimum absolute atomic E-state index is 0.146. The number of carbonyl (C=O) groups is 1. The maximum atomic E-state index is 12.0. The van der Waals surface area contributed by atoms with E-state index >= 15 is 0 Å². The van der Waals surface area contributed by atoms with Gasteiger partial charge in [0, 0.05) is 22.6 Å². The Kier molecular flexibility index (Phi) is 3.77. The Morgan fingerprint density at radius 1 is 1.04 bits per heavy atom. The zero-order chi connectivity index (χ0) is 16.5. The molecule has 1 aromatic heterocycles. The van der Waals surface area contributed by atoms with E-state index in [0.29, 0.717) is 0 Å². The summed E-state index contributed by atoms with van der Waals surface area (Å²) in [5.41, 5.74) is 5.10. The summed E-state index contributed by atoms with van der Waals surface area (Å²) in [5.74, 6) is 0.350. The number of rotatable bonds is 3. The molecule has 0 atom stereocenters. The van der Waals surface area contributed by atoms with Crippen molar-refractivity contribution >= 4 is 22.5 Å². The lowest BCUT2D eigenvalue weighted by atomic mass is 9.85. The normalized spacial score (nSPS) is 14.4. The molecule has 1 aliphatic rings. The van der Waals surface area contributed by atoms with Crippen molar-refractivity contribution < 1.29 is 4.79 Å². The molecule has 0 bridgehead atoms. The van der Waals surface area contributed by atoms with E-state index in [-0.39, 0.29) is 11.8 Å². The third-order valence-corrected chi connectivity index (χ3v) is 4.77. The average molecular weight is 316 g/mol. The number of aryl methyl sites for hydroxylation is 1. The van der Waals surface area contributed by atoms with Crippen LogP contribution in [-0.4, -0.2) is 10.9 Å². The van der Waals surface area contributed by atoms with Crippen molar-refractivity contribution in [3.8, 4) is 11.3 Å². The third kappa shape index (κ3) is 2.90. The number of nitrogens with one attached hydrogen (secondary N) is 1. The molecule has 1 heterocycles. The Balaban J connectivity index is 1.55. The predicted octanol–water partition coefficient (Wildman–Crippen LogP) is 4.95. The Hall–Kier alpha value is -2.68. The SMILES string of the molecule is Cc1ccc2nc(-c3ccc(NC(=O)C4CCC4)cc3)ccc2c1. The van der Waals surface area contributed by atoms with E-state index in [2.05, 4.69) is 36.5 Å². The Morgan fingerprint density at radius 2 is 1.83 bits per heavy atom. The minimum atomic E-state index is 0.146. The van der Waals surface area contributed by atoms with Crippen LogP contribution in [0.1, 0.15) is 24.8 Å². The van der Waals surface area contributed by atoms with Gasteiger partial charge in [0.2, 0.25) is 5.91 Å². The zero-order valence-electron chi connectivity index (χ0n) is 13.8. The molecule has 1 saturated carbocycles. The largest absolute Gasteiger partial charge is 0.326 e. The summed E-state index contributed by atoms with van der Waals surface area (Å²) in [6, 6.07) is 18.4. The van der Waals surface area contributed by atoms with Crippen molar-refractivity contribution in [2.75, 3.05) is 5.32 Å². The highest BCUT2D eigenvalue weighted by Crippen LogP contribution is 2.28. The van der Waals surface area contributed by atoms with E-state index in [0.717, 1.165) is 40.7 Å². The molecule has 0 unspecified atom stereocenters. The van der Waals surface area contributed by atoms with Crippen LogP contribution in [-0.2, 0) is 4.79 Å². The van der Waals surface area contributed by atoms with Gasteiger partial charge in [0.15, 0.2) is 0 Å². The molecule has 3 nitrogen and oxygen atoms in total. The second-order valence-corrected chi connectivity index (χ2v) is 6.59. The molecule has 0 radical (unpaired) electrons. The van der Waals surface area contributed by atoms with Crippen LogP contribution in [0.2, 0.25) is 0 Å². The van der Waals surface area contributed by atoms with E-state index in [1.165, 1.54) is 12.0 Å². The van der Waals surface area contributed by atoms with Crippen molar-refractivity contribution in [3.63, 3.8) is 0 Å². The molecule has 1 N–H and O–H groups in total. The van der Waals surface area contributed by atoms with Gasteiger partial charge in [0.1, 0.15) is 0 Å². The molecular weight excluding hydrogens is 296 g/mol. The van der Waals surface area contributed by atoms with Crippen LogP contribution in [0.4, 0.5) is 5.69 Å². The number of pyridine rings is 1. The van der Waals surface area contributed by atoms with E-state index in [1.807, 2.05) is 30.3 Å². The first-order valence-corrected chi connectivity index (χ1v) is 8.48. The lowest BCUT2D eigenvalue weighted by Gasteiger charge is -2.24. The molecule has 2 aromatic carbocycles. The van der Waals surface area contributed by atoms with E-state index in [9.17, 15) is 4.79 Å². The second kappa shape index (κ2) is 6.08. The lowest BCUT2D eigenvalue weighted by Crippen LogP contribution is -2.27. The van der Waals surface area contributed by atoms with Crippen molar-refractivity contribution in [1.82, 2.24) is 4.98 Å². The molecular formula is C21H20N2O. The van der Waals surface area contributed by atoms with Crippen molar-refractivity contribution in [3.05, 3.63) is 60.2 Å². The fourth-order valence-electron chi connectivity index (χ4n) is 3.04. The molecule has 0 aliphatic heterocycles. The van der Waals surface area contributed by atoms with Crippen molar-refractivity contribution in [2.45, 2.75) is 26.2 Å². The summed E-state index contributed by atoms with van der Waals surface area (Å²) in [6.07, 6.45) is 3.21. The van der Waals surface area contributed by atoms with Crippen molar-refractivity contribution in [1.29, 1.82) is 0 Å². The van der Waals surface area contributed by atoms with Gasteiger partial charge < -0.3 is 5.32 Å². The zero-order valence-corrected chi connectivity index (χ0v) is 13.8. The molecule has 1 fully saturated rings. The Morgan fingerprint density at radius 3 is 2.54 bits per heavy atom. The van der Waals surface area contributed by atoms with Crippen LogP contribution >= 0.6 is 0 Å². The lowest BCUT2D eigenvalue weighted by molar-refractivity contribution is -0.122. The highest BCUT2D eigenvalue weighted by atomic mass is 16.1. The van der Waals surface area contributed by atoms with Crippen LogP contribution in [0.3, 0.4) is 0 Å². The van der Waals surface area contributed by atoms with Crippen LogP contribution < -0.4 is 5.32 Å². The van der Waals surface area contributed by atoms with Crippen LogP contribution in [0.25, 0.3) is 22.2 Å². The number of benzene rings is 2. The highest BCUT2D eigenvalue weighted by Gasteiger charge is 2.25. The molecule has 120 valence electrons. The van der Waals surface area contributed by atoms with Crippen molar-refractivity contribution in [2.24, 2.45) is 5.92 Å². The first-order valence-electron chi connectivity index (χ1n) is 8.48. The molecule has 1 amide bonds. The number of nitrogens with zero attached hydrogens (tertiary/aromatic N) is 1. The summed E-state index contributed by atoms with van der Waals surface area (Å²) < 4.78 is 0. The summed E-state index contributed by atoms with van der Waals surface area (Å²) in [6.45, 7) is 2.09. The topological polar surface area (TPSA) is 42.0 Å². The van der Waals surface area contributed by atoms with E-state index in [1.54, 1.807) is 0 Å². The minimum Gasteiger partial charge on any atom is -0.326 e. The molecule has 1 aliphatic carbocycles. The third-order valence-electron chi connectivity index (χ3n) is 4.77. The number of anilines is 1. The number of carbonyl (C=O) groups excluding carboxylic acids is 1. The summed E-state index contributed by atoms with van der Waals surface area (Å²) in [5, 5.41) is 4.15. The molecule has 0 saturated heterocycles. The van der Waals surface area contributed by atoms with Gasteiger partial charge in [-0.25, -0.2) is 4.98 Å². The van der Waals surface area contributed by atoms with Crippen LogP contribution in [0.15, 0.2) is 54.6 Å². The Labute approximate surface area is 141 Å². The fraction of sp³-hybridized carbons (Fsp3) is 0.238. The smallest absolute Gasteiger partial charge is 0.227 e. The van der Waals surface area contributed by atoms with Gasteiger partial charge in [-0.05, 0) is 50.1 Å². The van der Waals surface area contributed by atoms with Gasteiger partial charge in [-0.2, -0.15) is 0 Å². The molecule has 3 heteroatoms. The van der Waals surface area contributed by atoms with Gasteiger partial charge >= 0.3 is 0 Å². The van der Waals surface area contributed by atoms with Gasteiger partial charge in [-0.1, -0.05) is 36.2 Å². The number of hydrogen-bond donors (Lipinski definition) is 1. The standard InChI is InChI=1S/C21H20N2O/c1-14-5-11-20-17(13-14)8-12-19(23-20)15-6-9-18(10-7-15)22-21(24)16-3-2-4-16/h5-13,16H,2-4H2,1H3,(H,22,24).